The van der Waals surface area contributed by atoms with Crippen LogP contribution in [0.1, 0.15) is 103 Å². The summed E-state index contributed by atoms with van der Waals surface area (Å²) in [4.78, 5) is 12.0. The van der Waals surface area contributed by atoms with E-state index in [1.165, 1.54) is 70.6 Å². The fraction of sp³-hybridized carbons (Fsp3) is 1.00. The van der Waals surface area contributed by atoms with E-state index in [-0.39, 0.29) is 25.4 Å². The topological polar surface area (TPSA) is 102 Å². The molecule has 36 heavy (non-hydrogen) atoms. The maximum Gasteiger partial charge on any atom is 0.268 e. The van der Waals surface area contributed by atoms with E-state index < -0.39 is 23.8 Å². The maximum atomic E-state index is 12.0. The molecule has 0 N–H and O–H groups in total. The first-order chi connectivity index (χ1) is 16.8. The van der Waals surface area contributed by atoms with Crippen LogP contribution in [0.25, 0.3) is 0 Å². The number of ether oxygens (including phenoxy) is 1. The van der Waals surface area contributed by atoms with E-state index in [1.807, 2.05) is 21.1 Å². The summed E-state index contributed by atoms with van der Waals surface area (Å²) >= 11 is 0. The van der Waals surface area contributed by atoms with Crippen molar-refractivity contribution in [2.75, 3.05) is 59.5 Å². The summed E-state index contributed by atoms with van der Waals surface area (Å²) in [7, 11) is -1.83. The van der Waals surface area contributed by atoms with Crippen molar-refractivity contribution in [3.63, 3.8) is 0 Å². The summed E-state index contributed by atoms with van der Waals surface area (Å²) in [6.45, 7) is 3.02. The molecule has 0 amide bonds. The van der Waals surface area contributed by atoms with Crippen molar-refractivity contribution in [3.8, 4) is 0 Å². The maximum absolute atomic E-state index is 12.0. The molecule has 0 rings (SSSR count). The molecule has 2 atom stereocenters. The van der Waals surface area contributed by atoms with Crippen molar-refractivity contribution < 1.29 is 36.1 Å². The Morgan fingerprint density at radius 1 is 0.778 bits per heavy atom. The Balaban J connectivity index is 4.01. The molecule has 10 heteroatoms. The zero-order chi connectivity index (χ0) is 27.3. The number of likely N-dealkylation sites (N-methyl/N-ethyl adjacent to an activating group) is 1. The fourth-order valence-corrected chi connectivity index (χ4v) is 5.16. The molecule has 0 aromatic carbocycles. The molecule has 2 unspecified atom stereocenters. The molecule has 0 bridgehead atoms. The average Bonchev–Trinajstić information content (AvgIpc) is 2.76. The van der Waals surface area contributed by atoms with Gasteiger partial charge in [-0.2, -0.15) is 0 Å². The Hall–Kier alpha value is -0.0200. The number of hydrogen-bond acceptors (Lipinski definition) is 7. The van der Waals surface area contributed by atoms with Crippen molar-refractivity contribution in [2.24, 2.45) is 0 Å². The van der Waals surface area contributed by atoms with Crippen molar-refractivity contribution in [2.45, 2.75) is 109 Å². The largest absolute Gasteiger partial charge is 0.756 e. The van der Waals surface area contributed by atoms with Gasteiger partial charge in [-0.3, -0.25) is 4.57 Å². The standard InChI is InChI=1S/C26H56NO7PS/c1-6-7-8-9-10-11-12-13-14-15-16-17-18-19-22-32-26(20-24-36(5,30)31)25-34-35(28,29)33-23-21-27(2,3)4/h26H,6-25H2,1-5H3. The molecule has 0 aromatic heterocycles. The van der Waals surface area contributed by atoms with E-state index in [4.69, 9.17) is 13.8 Å². The summed E-state index contributed by atoms with van der Waals surface area (Å²) in [5.74, 6) is -0.0781. The average molecular weight is 558 g/mol. The van der Waals surface area contributed by atoms with Crippen molar-refractivity contribution >= 4 is 17.7 Å². The fourth-order valence-electron chi connectivity index (χ4n) is 3.75. The summed E-state index contributed by atoms with van der Waals surface area (Å²) < 4.78 is 51.4. The third-order valence-corrected chi connectivity index (χ3v) is 8.03. The van der Waals surface area contributed by atoms with Gasteiger partial charge in [-0.25, -0.2) is 8.42 Å². The van der Waals surface area contributed by atoms with E-state index in [0.29, 0.717) is 17.6 Å². The second-order valence-electron chi connectivity index (χ2n) is 11.1. The van der Waals surface area contributed by atoms with Gasteiger partial charge in [0.1, 0.15) is 23.0 Å². The number of phosphoric ester groups is 1. The molecule has 0 spiro atoms. The summed E-state index contributed by atoms with van der Waals surface area (Å²) in [6, 6.07) is 0. The van der Waals surface area contributed by atoms with Gasteiger partial charge >= 0.3 is 0 Å². The first-order valence-corrected chi connectivity index (χ1v) is 17.6. The van der Waals surface area contributed by atoms with Crippen LogP contribution >= 0.6 is 7.82 Å². The van der Waals surface area contributed by atoms with Gasteiger partial charge in [0, 0.05) is 12.9 Å². The monoisotopic (exact) mass is 557 g/mol. The van der Waals surface area contributed by atoms with E-state index in [9.17, 15) is 17.9 Å². The lowest BCUT2D eigenvalue weighted by Gasteiger charge is -2.28. The minimum atomic E-state index is -4.46. The molecular formula is C26H56NO7PS. The molecule has 0 saturated heterocycles. The smallest absolute Gasteiger partial charge is 0.268 e. The number of hydrogen-bond donors (Lipinski definition) is 0. The molecular weight excluding hydrogens is 501 g/mol. The van der Waals surface area contributed by atoms with Crippen molar-refractivity contribution in [1.82, 2.24) is 0 Å². The molecule has 0 aliphatic carbocycles. The van der Waals surface area contributed by atoms with Gasteiger partial charge in [0.2, 0.25) is 0 Å². The molecule has 0 aliphatic heterocycles. The summed E-state index contributed by atoms with van der Waals surface area (Å²) in [6.07, 6.45) is 18.5. The Labute approximate surface area is 222 Å². The first kappa shape index (κ1) is 36.0. The quantitative estimate of drug-likeness (QED) is 0.0787. The molecule has 0 saturated carbocycles. The number of nitrogens with zero attached hydrogens (tertiary/aromatic N) is 1. The lowest BCUT2D eigenvalue weighted by Crippen LogP contribution is -2.37. The Bertz CT molecular complexity index is 668. The van der Waals surface area contributed by atoms with Crippen LogP contribution in [0.2, 0.25) is 0 Å². The SMILES string of the molecule is CCCCCCCCCCCCCCCCOC(CCS(C)(=O)=O)COP(=O)([O-])OCC[N+](C)(C)C. The highest BCUT2D eigenvalue weighted by Crippen LogP contribution is 2.38. The van der Waals surface area contributed by atoms with Crippen LogP contribution in [-0.4, -0.2) is 78.5 Å². The third-order valence-electron chi connectivity index (χ3n) is 6.09. The van der Waals surface area contributed by atoms with E-state index in [2.05, 4.69) is 6.92 Å². The lowest BCUT2D eigenvalue weighted by molar-refractivity contribution is -0.870. The van der Waals surface area contributed by atoms with Crippen molar-refractivity contribution in [3.05, 3.63) is 0 Å². The van der Waals surface area contributed by atoms with Crippen LogP contribution in [0.15, 0.2) is 0 Å². The molecule has 218 valence electrons. The number of phosphoric acid groups is 1. The molecule has 0 radical (unpaired) electrons. The zero-order valence-corrected chi connectivity index (χ0v) is 25.6. The second kappa shape index (κ2) is 20.9. The minimum absolute atomic E-state index is 0.0260. The van der Waals surface area contributed by atoms with Crippen LogP contribution in [-0.2, 0) is 28.2 Å². The van der Waals surface area contributed by atoms with E-state index in [1.54, 1.807) is 0 Å². The molecule has 0 fully saturated rings. The number of rotatable bonds is 26. The number of quaternary nitrogens is 1. The number of sulfone groups is 1. The second-order valence-corrected chi connectivity index (χ2v) is 14.8. The summed E-state index contributed by atoms with van der Waals surface area (Å²) in [5.41, 5.74) is 0. The highest BCUT2D eigenvalue weighted by atomic mass is 32.2. The van der Waals surface area contributed by atoms with Gasteiger partial charge in [0.05, 0.1) is 39.6 Å². The van der Waals surface area contributed by atoms with Crippen LogP contribution in [0, 0.1) is 0 Å². The third kappa shape index (κ3) is 27.0. The van der Waals surface area contributed by atoms with E-state index in [0.717, 1.165) is 25.5 Å². The van der Waals surface area contributed by atoms with Crippen LogP contribution in [0.5, 0.6) is 0 Å². The molecule has 0 aromatic rings. The van der Waals surface area contributed by atoms with Crippen LogP contribution in [0.3, 0.4) is 0 Å². The Morgan fingerprint density at radius 3 is 1.69 bits per heavy atom. The minimum Gasteiger partial charge on any atom is -0.756 e. The van der Waals surface area contributed by atoms with Gasteiger partial charge in [-0.05, 0) is 12.8 Å². The number of unbranched alkanes of at least 4 members (excludes halogenated alkanes) is 13. The van der Waals surface area contributed by atoms with Crippen LogP contribution < -0.4 is 4.89 Å². The first-order valence-electron chi connectivity index (χ1n) is 14.0. The van der Waals surface area contributed by atoms with Gasteiger partial charge in [0.25, 0.3) is 7.82 Å². The Kier molecular flexibility index (Phi) is 20.9. The predicted octanol–water partition coefficient (Wildman–Crippen LogP) is 5.50. The highest BCUT2D eigenvalue weighted by Gasteiger charge is 2.19. The van der Waals surface area contributed by atoms with Crippen LogP contribution in [0.4, 0.5) is 0 Å². The molecule has 0 aliphatic rings. The highest BCUT2D eigenvalue weighted by molar-refractivity contribution is 7.90. The molecule has 0 heterocycles. The van der Waals surface area contributed by atoms with Gasteiger partial charge in [0.15, 0.2) is 0 Å². The lowest BCUT2D eigenvalue weighted by atomic mass is 10.0. The Morgan fingerprint density at radius 2 is 1.25 bits per heavy atom. The van der Waals surface area contributed by atoms with Crippen molar-refractivity contribution in [1.29, 1.82) is 0 Å². The normalized spacial score (nSPS) is 15.2. The summed E-state index contributed by atoms with van der Waals surface area (Å²) in [5, 5.41) is 0. The van der Waals surface area contributed by atoms with Gasteiger partial charge in [-0.1, -0.05) is 90.4 Å². The predicted molar refractivity (Wildman–Crippen MR) is 147 cm³/mol. The zero-order valence-electron chi connectivity index (χ0n) is 23.9. The molecule has 8 nitrogen and oxygen atoms in total. The van der Waals surface area contributed by atoms with E-state index >= 15 is 0 Å². The van der Waals surface area contributed by atoms with Gasteiger partial charge in [-0.15, -0.1) is 0 Å². The van der Waals surface area contributed by atoms with Gasteiger partial charge < -0.3 is 23.2 Å².